The van der Waals surface area contributed by atoms with Crippen LogP contribution in [0.4, 0.5) is 14.6 Å². The first-order chi connectivity index (χ1) is 8.15. The maximum atomic E-state index is 12.6. The first-order valence-corrected chi connectivity index (χ1v) is 4.69. The lowest BCUT2D eigenvalue weighted by Crippen LogP contribution is -2.13. The number of aromatic nitrogens is 2. The fourth-order valence-electron chi connectivity index (χ4n) is 1.15. The first kappa shape index (κ1) is 11.1. The van der Waals surface area contributed by atoms with Gasteiger partial charge in [-0.3, -0.25) is 4.79 Å². The van der Waals surface area contributed by atoms with Crippen LogP contribution in [0, 0.1) is 11.8 Å². The van der Waals surface area contributed by atoms with Crippen LogP contribution in [-0.2, 0) is 0 Å². The molecule has 0 bridgehead atoms. The molecule has 0 aliphatic carbocycles. The van der Waals surface area contributed by atoms with Crippen LogP contribution in [-0.4, -0.2) is 15.9 Å². The highest BCUT2D eigenvalue weighted by Crippen LogP contribution is 2.06. The van der Waals surface area contributed by atoms with Crippen LogP contribution in [0.1, 0.15) is 10.4 Å². The molecule has 6 heteroatoms. The second-order valence-corrected chi connectivity index (χ2v) is 3.19. The van der Waals surface area contributed by atoms with Crippen molar-refractivity contribution < 1.29 is 13.6 Å². The van der Waals surface area contributed by atoms with Crippen LogP contribution >= 0.6 is 0 Å². The number of amides is 1. The van der Waals surface area contributed by atoms with Gasteiger partial charge >= 0.3 is 0 Å². The molecule has 17 heavy (non-hydrogen) atoms. The maximum absolute atomic E-state index is 12.6. The van der Waals surface area contributed by atoms with Crippen LogP contribution in [0.5, 0.6) is 0 Å². The Labute approximate surface area is 95.3 Å². The van der Waals surface area contributed by atoms with E-state index in [9.17, 15) is 13.6 Å². The zero-order valence-corrected chi connectivity index (χ0v) is 8.52. The van der Waals surface area contributed by atoms with Crippen molar-refractivity contribution in [3.63, 3.8) is 0 Å². The average Bonchev–Trinajstić information content (AvgIpc) is 2.33. The molecule has 0 aromatic carbocycles. The van der Waals surface area contributed by atoms with Crippen LogP contribution in [0.15, 0.2) is 36.7 Å². The van der Waals surface area contributed by atoms with Gasteiger partial charge in [0.15, 0.2) is 0 Å². The summed E-state index contributed by atoms with van der Waals surface area (Å²) in [6.07, 6.45) is 2.09. The van der Waals surface area contributed by atoms with Crippen LogP contribution in [0.3, 0.4) is 0 Å². The van der Waals surface area contributed by atoms with Gasteiger partial charge in [0, 0.05) is 6.20 Å². The Morgan fingerprint density at radius 1 is 1.06 bits per heavy atom. The Morgan fingerprint density at radius 3 is 2.47 bits per heavy atom. The molecule has 0 unspecified atom stereocenters. The van der Waals surface area contributed by atoms with E-state index in [1.807, 2.05) is 0 Å². The zero-order valence-electron chi connectivity index (χ0n) is 8.52. The van der Waals surface area contributed by atoms with E-state index in [2.05, 4.69) is 15.3 Å². The van der Waals surface area contributed by atoms with E-state index >= 15 is 0 Å². The largest absolute Gasteiger partial charge is 0.307 e. The number of nitrogens with one attached hydrogen (secondary N) is 1. The van der Waals surface area contributed by atoms with Gasteiger partial charge in [-0.25, -0.2) is 14.4 Å². The molecule has 0 atom stereocenters. The SMILES string of the molecule is O=C(Nc1ccc(F)cn1)c1ccc(F)nc1. The molecular formula is C11H7F2N3O. The second kappa shape index (κ2) is 4.65. The number of hydrogen-bond acceptors (Lipinski definition) is 3. The molecule has 1 N–H and O–H groups in total. The van der Waals surface area contributed by atoms with Gasteiger partial charge in [-0.05, 0) is 24.3 Å². The Hall–Kier alpha value is -2.37. The standard InChI is InChI=1S/C11H7F2N3O/c12-8-2-4-10(15-6-8)16-11(17)7-1-3-9(13)14-5-7/h1-6H,(H,15,16,17). The topological polar surface area (TPSA) is 54.9 Å². The Morgan fingerprint density at radius 2 is 1.88 bits per heavy atom. The highest BCUT2D eigenvalue weighted by atomic mass is 19.1. The van der Waals surface area contributed by atoms with Crippen molar-refractivity contribution in [2.75, 3.05) is 5.32 Å². The molecule has 0 spiro atoms. The van der Waals surface area contributed by atoms with Gasteiger partial charge in [-0.15, -0.1) is 0 Å². The van der Waals surface area contributed by atoms with Crippen molar-refractivity contribution in [2.45, 2.75) is 0 Å². The molecule has 0 saturated heterocycles. The van der Waals surface area contributed by atoms with E-state index in [-0.39, 0.29) is 11.4 Å². The number of carbonyl (C=O) groups is 1. The summed E-state index contributed by atoms with van der Waals surface area (Å²) in [6, 6.07) is 4.86. The normalized spacial score (nSPS) is 10.0. The van der Waals surface area contributed by atoms with E-state index in [0.717, 1.165) is 18.5 Å². The molecule has 86 valence electrons. The van der Waals surface area contributed by atoms with E-state index in [4.69, 9.17) is 0 Å². The van der Waals surface area contributed by atoms with Crippen molar-refractivity contribution in [3.8, 4) is 0 Å². The van der Waals surface area contributed by atoms with Crippen molar-refractivity contribution >= 4 is 11.7 Å². The van der Waals surface area contributed by atoms with Crippen LogP contribution in [0.2, 0.25) is 0 Å². The highest BCUT2D eigenvalue weighted by Gasteiger charge is 2.07. The predicted octanol–water partition coefficient (Wildman–Crippen LogP) is 2.01. The third-order valence-electron chi connectivity index (χ3n) is 1.96. The van der Waals surface area contributed by atoms with E-state index in [1.54, 1.807) is 0 Å². The molecule has 0 saturated carbocycles. The number of pyridine rings is 2. The molecule has 0 radical (unpaired) electrons. The number of rotatable bonds is 2. The number of hydrogen-bond donors (Lipinski definition) is 1. The van der Waals surface area contributed by atoms with Gasteiger partial charge in [0.1, 0.15) is 11.6 Å². The van der Waals surface area contributed by atoms with Crippen molar-refractivity contribution in [3.05, 3.63) is 54.0 Å². The molecule has 0 aliphatic heterocycles. The van der Waals surface area contributed by atoms with Gasteiger partial charge in [0.05, 0.1) is 11.8 Å². The number of carbonyl (C=O) groups excluding carboxylic acids is 1. The summed E-state index contributed by atoms with van der Waals surface area (Å²) in [4.78, 5) is 18.6. The van der Waals surface area contributed by atoms with Crippen LogP contribution < -0.4 is 5.32 Å². The molecule has 2 aromatic rings. The minimum absolute atomic E-state index is 0.192. The Kier molecular flexibility index (Phi) is 3.04. The molecule has 4 nitrogen and oxygen atoms in total. The minimum Gasteiger partial charge on any atom is -0.307 e. The summed E-state index contributed by atoms with van der Waals surface area (Å²) < 4.78 is 25.1. The average molecular weight is 235 g/mol. The number of halogens is 2. The quantitative estimate of drug-likeness (QED) is 0.810. The van der Waals surface area contributed by atoms with E-state index in [0.29, 0.717) is 0 Å². The van der Waals surface area contributed by atoms with Gasteiger partial charge in [0.25, 0.3) is 5.91 Å². The summed E-state index contributed by atoms with van der Waals surface area (Å²) in [5.74, 6) is -1.44. The monoisotopic (exact) mass is 235 g/mol. The summed E-state index contributed by atoms with van der Waals surface area (Å²) in [5.41, 5.74) is 0.192. The molecular weight excluding hydrogens is 228 g/mol. The predicted molar refractivity (Wildman–Crippen MR) is 56.3 cm³/mol. The van der Waals surface area contributed by atoms with Gasteiger partial charge in [0.2, 0.25) is 5.95 Å². The van der Waals surface area contributed by atoms with Crippen molar-refractivity contribution in [1.29, 1.82) is 0 Å². The van der Waals surface area contributed by atoms with Gasteiger partial charge in [-0.1, -0.05) is 0 Å². The highest BCUT2D eigenvalue weighted by molar-refractivity contribution is 6.03. The van der Waals surface area contributed by atoms with Crippen LogP contribution in [0.25, 0.3) is 0 Å². The summed E-state index contributed by atoms with van der Waals surface area (Å²) in [7, 11) is 0. The zero-order chi connectivity index (χ0) is 12.3. The molecule has 0 aliphatic rings. The minimum atomic E-state index is -0.665. The maximum Gasteiger partial charge on any atom is 0.258 e. The smallest absolute Gasteiger partial charge is 0.258 e. The lowest BCUT2D eigenvalue weighted by Gasteiger charge is -2.03. The fourth-order valence-corrected chi connectivity index (χ4v) is 1.15. The molecule has 2 aromatic heterocycles. The number of anilines is 1. The molecule has 1 amide bonds. The fraction of sp³-hybridized carbons (Fsp3) is 0. The van der Waals surface area contributed by atoms with Crippen molar-refractivity contribution in [2.24, 2.45) is 0 Å². The lowest BCUT2D eigenvalue weighted by atomic mass is 10.2. The van der Waals surface area contributed by atoms with E-state index < -0.39 is 17.7 Å². The molecule has 2 rings (SSSR count). The summed E-state index contributed by atoms with van der Waals surface area (Å²) >= 11 is 0. The van der Waals surface area contributed by atoms with Gasteiger partial charge < -0.3 is 5.32 Å². The van der Waals surface area contributed by atoms with E-state index in [1.165, 1.54) is 18.2 Å². The van der Waals surface area contributed by atoms with Gasteiger partial charge in [-0.2, -0.15) is 4.39 Å². The first-order valence-electron chi connectivity index (χ1n) is 4.69. The Balaban J connectivity index is 2.11. The Bertz CT molecular complexity index is 525. The third-order valence-corrected chi connectivity index (χ3v) is 1.96. The lowest BCUT2D eigenvalue weighted by molar-refractivity contribution is 0.102. The van der Waals surface area contributed by atoms with Crippen molar-refractivity contribution in [1.82, 2.24) is 9.97 Å². The second-order valence-electron chi connectivity index (χ2n) is 3.19. The number of nitrogens with zero attached hydrogens (tertiary/aromatic N) is 2. The summed E-state index contributed by atoms with van der Waals surface area (Å²) in [6.45, 7) is 0. The summed E-state index contributed by atoms with van der Waals surface area (Å²) in [5, 5.41) is 2.43. The molecule has 0 fully saturated rings. The third kappa shape index (κ3) is 2.81. The molecule has 2 heterocycles.